The number of rotatable bonds is 5. The molecule has 1 aliphatic heterocycles. The molecular weight excluding hydrogens is 323 g/mol. The van der Waals surface area contributed by atoms with Gasteiger partial charge in [-0.1, -0.05) is 0 Å². The maximum atomic E-state index is 11.1. The third kappa shape index (κ3) is 3.28. The second-order valence-corrected chi connectivity index (χ2v) is 5.82. The van der Waals surface area contributed by atoms with Gasteiger partial charge in [0.05, 0.1) is 12.9 Å². The third-order valence-corrected chi connectivity index (χ3v) is 3.57. The van der Waals surface area contributed by atoms with Crippen LogP contribution in [0.3, 0.4) is 0 Å². The Kier molecular flexibility index (Phi) is 4.54. The SMILES string of the molecule is NC(=O)c1ncn([C@H]2O[C@@H](COP(=O)(O)O)[C@@H](O)[C@H]2O)c1N. The van der Waals surface area contributed by atoms with Crippen molar-refractivity contribution in [1.82, 2.24) is 9.55 Å². The predicted octanol–water partition coefficient (Wildman–Crippen LogP) is -2.71. The minimum atomic E-state index is -4.75. The number of hydrogen-bond acceptors (Lipinski definition) is 8. The van der Waals surface area contributed by atoms with Crippen LogP contribution >= 0.6 is 7.82 Å². The number of phosphoric acid groups is 1. The number of aliphatic hydroxyl groups excluding tert-OH is 2. The molecule has 0 aliphatic carbocycles. The largest absolute Gasteiger partial charge is 0.469 e. The smallest absolute Gasteiger partial charge is 0.387 e. The number of amides is 1. The van der Waals surface area contributed by atoms with E-state index in [0.29, 0.717) is 0 Å². The zero-order valence-corrected chi connectivity index (χ0v) is 11.9. The number of imidazole rings is 1. The predicted molar refractivity (Wildman–Crippen MR) is 69.1 cm³/mol. The number of nitrogen functional groups attached to an aromatic ring is 1. The van der Waals surface area contributed by atoms with E-state index in [1.807, 2.05) is 0 Å². The van der Waals surface area contributed by atoms with Gasteiger partial charge in [0.1, 0.15) is 24.1 Å². The molecule has 1 aliphatic rings. The van der Waals surface area contributed by atoms with Crippen LogP contribution in [0.15, 0.2) is 6.33 Å². The van der Waals surface area contributed by atoms with Crippen molar-refractivity contribution < 1.29 is 38.6 Å². The van der Waals surface area contributed by atoms with Crippen molar-refractivity contribution >= 4 is 19.5 Å². The van der Waals surface area contributed by atoms with E-state index in [9.17, 15) is 19.6 Å². The molecule has 0 aromatic carbocycles. The summed E-state index contributed by atoms with van der Waals surface area (Å²) < 4.78 is 21.2. The minimum absolute atomic E-state index is 0.180. The number of aliphatic hydroxyl groups is 2. The van der Waals surface area contributed by atoms with Gasteiger partial charge in [-0.25, -0.2) is 9.55 Å². The number of primary amides is 1. The molecule has 124 valence electrons. The molecule has 0 bridgehead atoms. The van der Waals surface area contributed by atoms with Crippen molar-refractivity contribution in [2.24, 2.45) is 5.73 Å². The molecule has 0 spiro atoms. The highest BCUT2D eigenvalue weighted by Crippen LogP contribution is 2.38. The molecule has 2 rings (SSSR count). The van der Waals surface area contributed by atoms with Gasteiger partial charge >= 0.3 is 7.82 Å². The van der Waals surface area contributed by atoms with Crippen molar-refractivity contribution in [2.45, 2.75) is 24.5 Å². The highest BCUT2D eigenvalue weighted by molar-refractivity contribution is 7.46. The van der Waals surface area contributed by atoms with Gasteiger partial charge in [-0.15, -0.1) is 0 Å². The van der Waals surface area contributed by atoms with E-state index < -0.39 is 44.9 Å². The van der Waals surface area contributed by atoms with Crippen LogP contribution in [0.25, 0.3) is 0 Å². The van der Waals surface area contributed by atoms with Crippen LogP contribution in [0.1, 0.15) is 16.7 Å². The summed E-state index contributed by atoms with van der Waals surface area (Å²) in [5.74, 6) is -1.06. The quantitative estimate of drug-likeness (QED) is 0.306. The summed E-state index contributed by atoms with van der Waals surface area (Å²) >= 11 is 0. The van der Waals surface area contributed by atoms with Gasteiger partial charge in [-0.05, 0) is 0 Å². The normalized spacial score (nSPS) is 28.9. The van der Waals surface area contributed by atoms with Gasteiger partial charge in [-0.2, -0.15) is 0 Å². The zero-order valence-electron chi connectivity index (χ0n) is 11.0. The van der Waals surface area contributed by atoms with Crippen molar-refractivity contribution in [3.05, 3.63) is 12.0 Å². The molecule has 0 radical (unpaired) electrons. The molecule has 0 saturated carbocycles. The van der Waals surface area contributed by atoms with Crippen molar-refractivity contribution in [3.63, 3.8) is 0 Å². The molecule has 8 N–H and O–H groups in total. The van der Waals surface area contributed by atoms with E-state index in [2.05, 4.69) is 9.51 Å². The van der Waals surface area contributed by atoms with Crippen molar-refractivity contribution in [1.29, 1.82) is 0 Å². The lowest BCUT2D eigenvalue weighted by molar-refractivity contribution is -0.0510. The van der Waals surface area contributed by atoms with Gasteiger partial charge in [0.15, 0.2) is 11.9 Å². The van der Waals surface area contributed by atoms with E-state index in [0.717, 1.165) is 10.9 Å². The first-order chi connectivity index (χ1) is 10.1. The number of nitrogens with zero attached hydrogens (tertiary/aromatic N) is 2. The summed E-state index contributed by atoms with van der Waals surface area (Å²) in [7, 11) is -4.75. The van der Waals surface area contributed by atoms with E-state index >= 15 is 0 Å². The molecule has 2 heterocycles. The molecule has 1 fully saturated rings. The van der Waals surface area contributed by atoms with E-state index in [1.54, 1.807) is 0 Å². The first-order valence-electron chi connectivity index (χ1n) is 5.95. The van der Waals surface area contributed by atoms with Crippen molar-refractivity contribution in [3.8, 4) is 0 Å². The van der Waals surface area contributed by atoms with Crippen LogP contribution < -0.4 is 11.5 Å². The summed E-state index contributed by atoms with van der Waals surface area (Å²) in [6.07, 6.45) is -4.33. The molecule has 12 nitrogen and oxygen atoms in total. The molecule has 1 saturated heterocycles. The Bertz CT molecular complexity index is 615. The zero-order chi connectivity index (χ0) is 16.7. The van der Waals surface area contributed by atoms with E-state index in [4.69, 9.17) is 26.0 Å². The second kappa shape index (κ2) is 5.93. The molecule has 1 amide bonds. The Morgan fingerprint density at radius 3 is 2.59 bits per heavy atom. The summed E-state index contributed by atoms with van der Waals surface area (Å²) in [6, 6.07) is 0. The minimum Gasteiger partial charge on any atom is -0.387 e. The highest BCUT2D eigenvalue weighted by atomic mass is 31.2. The van der Waals surface area contributed by atoms with Crippen LogP contribution in [0.4, 0.5) is 5.82 Å². The summed E-state index contributed by atoms with van der Waals surface area (Å²) in [4.78, 5) is 32.0. The molecule has 1 aromatic heterocycles. The monoisotopic (exact) mass is 338 g/mol. The van der Waals surface area contributed by atoms with Gasteiger partial charge < -0.3 is 36.2 Å². The average Bonchev–Trinajstić information content (AvgIpc) is 2.90. The van der Waals surface area contributed by atoms with Crippen molar-refractivity contribution in [2.75, 3.05) is 12.3 Å². The van der Waals surface area contributed by atoms with E-state index in [1.165, 1.54) is 0 Å². The number of ether oxygens (including phenoxy) is 1. The topological polar surface area (TPSA) is 203 Å². The maximum Gasteiger partial charge on any atom is 0.469 e. The van der Waals surface area contributed by atoms with Crippen LogP contribution in [0.2, 0.25) is 0 Å². The lowest BCUT2D eigenvalue weighted by atomic mass is 10.1. The second-order valence-electron chi connectivity index (χ2n) is 4.58. The number of hydrogen-bond donors (Lipinski definition) is 6. The number of carbonyl (C=O) groups is 1. The number of carbonyl (C=O) groups excluding carboxylic acids is 1. The molecule has 1 aromatic rings. The number of anilines is 1. The van der Waals surface area contributed by atoms with Gasteiger partial charge in [0, 0.05) is 0 Å². The Balaban J connectivity index is 2.16. The van der Waals surface area contributed by atoms with Crippen LogP contribution in [0.5, 0.6) is 0 Å². The van der Waals surface area contributed by atoms with Gasteiger partial charge in [0.25, 0.3) is 5.91 Å². The number of nitrogens with two attached hydrogens (primary N) is 2. The Morgan fingerprint density at radius 1 is 1.45 bits per heavy atom. The molecule has 4 atom stereocenters. The maximum absolute atomic E-state index is 11.1. The van der Waals surface area contributed by atoms with Gasteiger partial charge in [-0.3, -0.25) is 13.9 Å². The average molecular weight is 338 g/mol. The molecule has 0 unspecified atom stereocenters. The molecule has 22 heavy (non-hydrogen) atoms. The first kappa shape index (κ1) is 16.8. The third-order valence-electron chi connectivity index (χ3n) is 3.08. The Morgan fingerprint density at radius 2 is 2.09 bits per heavy atom. The summed E-state index contributed by atoms with van der Waals surface area (Å²) in [5.41, 5.74) is 10.5. The standard InChI is InChI=1S/C9H15N4O8P/c10-7-4(8(11)16)12-2-13(7)9-6(15)5(14)3(21-9)1-20-22(17,18)19/h2-3,5-6,9,14-15H,1,10H2,(H2,11,16)(H2,17,18,19)/t3-,5+,6+,9-/m0/s1. The van der Waals surface area contributed by atoms with Crippen LogP contribution in [-0.2, 0) is 13.8 Å². The number of aromatic nitrogens is 2. The van der Waals surface area contributed by atoms with Crippen LogP contribution in [-0.4, -0.2) is 60.4 Å². The van der Waals surface area contributed by atoms with E-state index in [-0.39, 0.29) is 11.5 Å². The lowest BCUT2D eigenvalue weighted by Gasteiger charge is -2.17. The first-order valence-corrected chi connectivity index (χ1v) is 7.48. The Labute approximate surface area is 123 Å². The molecule has 13 heteroatoms. The fraction of sp³-hybridized carbons (Fsp3) is 0.556. The summed E-state index contributed by atoms with van der Waals surface area (Å²) in [5, 5.41) is 19.8. The van der Waals surface area contributed by atoms with Crippen LogP contribution in [0, 0.1) is 0 Å². The molecular formula is C9H15N4O8P. The number of phosphoric ester groups is 1. The fourth-order valence-corrected chi connectivity index (χ4v) is 2.37. The van der Waals surface area contributed by atoms with Gasteiger partial charge in [0.2, 0.25) is 0 Å². The summed E-state index contributed by atoms with van der Waals surface area (Å²) in [6.45, 7) is -0.656. The Hall–Kier alpha value is -1.53. The fourth-order valence-electron chi connectivity index (χ4n) is 2.03. The highest BCUT2D eigenvalue weighted by Gasteiger charge is 2.45. The lowest BCUT2D eigenvalue weighted by Crippen LogP contribution is -2.33.